The molecule has 0 amide bonds. The van der Waals surface area contributed by atoms with Gasteiger partial charge in [0.15, 0.2) is 0 Å². The fraction of sp³-hybridized carbons (Fsp3) is 0.769. The van der Waals surface area contributed by atoms with Crippen LogP contribution in [0.15, 0.2) is 12.4 Å². The molecule has 1 unspecified atom stereocenters. The summed E-state index contributed by atoms with van der Waals surface area (Å²) in [5.41, 5.74) is 1.26. The van der Waals surface area contributed by atoms with E-state index >= 15 is 0 Å². The fourth-order valence-electron chi connectivity index (χ4n) is 2.17. The topological polar surface area (TPSA) is 39.1 Å². The van der Waals surface area contributed by atoms with Crippen LogP contribution in [0.25, 0.3) is 0 Å². The van der Waals surface area contributed by atoms with Gasteiger partial charge in [-0.05, 0) is 32.2 Å². The molecule has 2 rings (SSSR count). The molecule has 1 N–H and O–H groups in total. The number of rotatable bonds is 6. The Morgan fingerprint density at radius 1 is 1.53 bits per heavy atom. The SMILES string of the molecule is CCCNCc1cnn(CC2CCCCO2)c1. The summed E-state index contributed by atoms with van der Waals surface area (Å²) in [6, 6.07) is 0. The van der Waals surface area contributed by atoms with Gasteiger partial charge in [-0.2, -0.15) is 5.10 Å². The van der Waals surface area contributed by atoms with E-state index in [1.165, 1.54) is 31.2 Å². The zero-order valence-electron chi connectivity index (χ0n) is 10.7. The molecule has 1 saturated heterocycles. The third kappa shape index (κ3) is 4.13. The zero-order valence-corrected chi connectivity index (χ0v) is 10.7. The average Bonchev–Trinajstić information content (AvgIpc) is 2.79. The number of hydrogen-bond donors (Lipinski definition) is 1. The van der Waals surface area contributed by atoms with Gasteiger partial charge < -0.3 is 10.1 Å². The molecule has 96 valence electrons. The second-order valence-electron chi connectivity index (χ2n) is 4.74. The molecule has 1 aromatic rings. The average molecular weight is 237 g/mol. The van der Waals surface area contributed by atoms with Crippen LogP contribution in [0.2, 0.25) is 0 Å². The van der Waals surface area contributed by atoms with E-state index in [4.69, 9.17) is 4.74 Å². The van der Waals surface area contributed by atoms with E-state index < -0.39 is 0 Å². The molecular weight excluding hydrogens is 214 g/mol. The summed E-state index contributed by atoms with van der Waals surface area (Å²) in [5, 5.41) is 7.77. The van der Waals surface area contributed by atoms with Crippen molar-refractivity contribution in [3.63, 3.8) is 0 Å². The maximum absolute atomic E-state index is 5.71. The number of nitrogens with zero attached hydrogens (tertiary/aromatic N) is 2. The van der Waals surface area contributed by atoms with E-state index in [0.717, 1.165) is 26.2 Å². The molecule has 1 atom stereocenters. The van der Waals surface area contributed by atoms with Crippen LogP contribution in [0.4, 0.5) is 0 Å². The molecule has 0 aromatic carbocycles. The summed E-state index contributed by atoms with van der Waals surface area (Å²) in [7, 11) is 0. The van der Waals surface area contributed by atoms with Crippen molar-refractivity contribution in [2.75, 3.05) is 13.2 Å². The third-order valence-electron chi connectivity index (χ3n) is 3.11. The summed E-state index contributed by atoms with van der Waals surface area (Å²) in [4.78, 5) is 0. The monoisotopic (exact) mass is 237 g/mol. The number of ether oxygens (including phenoxy) is 1. The minimum Gasteiger partial charge on any atom is -0.376 e. The van der Waals surface area contributed by atoms with E-state index in [1.54, 1.807) is 0 Å². The summed E-state index contributed by atoms with van der Waals surface area (Å²) in [5.74, 6) is 0. The van der Waals surface area contributed by atoms with Crippen LogP contribution in [0.5, 0.6) is 0 Å². The minimum atomic E-state index is 0.361. The second-order valence-corrected chi connectivity index (χ2v) is 4.74. The Kier molecular flexibility index (Phi) is 5.01. The van der Waals surface area contributed by atoms with E-state index in [9.17, 15) is 0 Å². The normalized spacial score (nSPS) is 20.6. The highest BCUT2D eigenvalue weighted by molar-refractivity contribution is 5.03. The van der Waals surface area contributed by atoms with Gasteiger partial charge in [0, 0.05) is 24.9 Å². The summed E-state index contributed by atoms with van der Waals surface area (Å²) >= 11 is 0. The van der Waals surface area contributed by atoms with Gasteiger partial charge in [-0.3, -0.25) is 4.68 Å². The van der Waals surface area contributed by atoms with E-state index in [2.05, 4.69) is 23.5 Å². The van der Waals surface area contributed by atoms with Gasteiger partial charge in [0.1, 0.15) is 0 Å². The molecule has 1 fully saturated rings. The first kappa shape index (κ1) is 12.6. The highest BCUT2D eigenvalue weighted by atomic mass is 16.5. The minimum absolute atomic E-state index is 0.361. The standard InChI is InChI=1S/C13H23N3O/c1-2-6-14-8-12-9-15-16(10-12)11-13-5-3-4-7-17-13/h9-10,13-14H,2-8,11H2,1H3. The Morgan fingerprint density at radius 3 is 3.24 bits per heavy atom. The third-order valence-corrected chi connectivity index (χ3v) is 3.11. The number of nitrogens with one attached hydrogen (secondary N) is 1. The van der Waals surface area contributed by atoms with Gasteiger partial charge in [0.25, 0.3) is 0 Å². The van der Waals surface area contributed by atoms with Crippen molar-refractivity contribution in [3.8, 4) is 0 Å². The molecular formula is C13H23N3O. The summed E-state index contributed by atoms with van der Waals surface area (Å²) in [6.45, 7) is 5.97. The lowest BCUT2D eigenvalue weighted by atomic mass is 10.1. The van der Waals surface area contributed by atoms with Gasteiger partial charge in [-0.15, -0.1) is 0 Å². The first-order valence-electron chi connectivity index (χ1n) is 6.72. The molecule has 0 bridgehead atoms. The van der Waals surface area contributed by atoms with E-state index in [-0.39, 0.29) is 0 Å². The maximum Gasteiger partial charge on any atom is 0.0770 e. The maximum atomic E-state index is 5.71. The Morgan fingerprint density at radius 2 is 2.47 bits per heavy atom. The van der Waals surface area contributed by atoms with Crippen molar-refractivity contribution in [1.82, 2.24) is 15.1 Å². The predicted molar refractivity (Wildman–Crippen MR) is 67.8 cm³/mol. The van der Waals surface area contributed by atoms with Crippen LogP contribution in [-0.4, -0.2) is 29.0 Å². The van der Waals surface area contributed by atoms with Crippen molar-refractivity contribution in [1.29, 1.82) is 0 Å². The highest BCUT2D eigenvalue weighted by Crippen LogP contribution is 2.14. The Balaban J connectivity index is 1.76. The first-order chi connectivity index (χ1) is 8.38. The molecule has 1 aromatic heterocycles. The van der Waals surface area contributed by atoms with Gasteiger partial charge in [-0.25, -0.2) is 0 Å². The van der Waals surface area contributed by atoms with Crippen LogP contribution in [0.3, 0.4) is 0 Å². The van der Waals surface area contributed by atoms with Crippen molar-refractivity contribution in [2.24, 2.45) is 0 Å². The van der Waals surface area contributed by atoms with Crippen LogP contribution in [-0.2, 0) is 17.8 Å². The van der Waals surface area contributed by atoms with Crippen molar-refractivity contribution < 1.29 is 4.74 Å². The quantitative estimate of drug-likeness (QED) is 0.769. The van der Waals surface area contributed by atoms with Crippen molar-refractivity contribution >= 4 is 0 Å². The predicted octanol–water partition coefficient (Wildman–Crippen LogP) is 1.95. The molecule has 4 heteroatoms. The van der Waals surface area contributed by atoms with Crippen LogP contribution in [0, 0.1) is 0 Å². The summed E-state index contributed by atoms with van der Waals surface area (Å²) < 4.78 is 7.73. The lowest BCUT2D eigenvalue weighted by Crippen LogP contribution is -2.24. The molecule has 4 nitrogen and oxygen atoms in total. The molecule has 17 heavy (non-hydrogen) atoms. The smallest absolute Gasteiger partial charge is 0.0770 e. The largest absolute Gasteiger partial charge is 0.376 e. The highest BCUT2D eigenvalue weighted by Gasteiger charge is 2.14. The molecule has 1 aliphatic heterocycles. The lowest BCUT2D eigenvalue weighted by Gasteiger charge is -2.22. The lowest BCUT2D eigenvalue weighted by molar-refractivity contribution is 0.00398. The Labute approximate surface area is 103 Å². The van der Waals surface area contributed by atoms with Gasteiger partial charge in [-0.1, -0.05) is 6.92 Å². The number of hydrogen-bond acceptors (Lipinski definition) is 3. The first-order valence-corrected chi connectivity index (χ1v) is 6.72. The summed E-state index contributed by atoms with van der Waals surface area (Å²) in [6.07, 6.45) is 9.28. The molecule has 0 aliphatic carbocycles. The Bertz CT molecular complexity index is 318. The zero-order chi connectivity index (χ0) is 11.9. The van der Waals surface area contributed by atoms with Crippen LogP contribution < -0.4 is 5.32 Å². The van der Waals surface area contributed by atoms with Gasteiger partial charge in [0.05, 0.1) is 18.8 Å². The molecule has 2 heterocycles. The van der Waals surface area contributed by atoms with Gasteiger partial charge >= 0.3 is 0 Å². The molecule has 0 spiro atoms. The fourth-order valence-corrected chi connectivity index (χ4v) is 2.17. The second kappa shape index (κ2) is 6.77. The van der Waals surface area contributed by atoms with Crippen molar-refractivity contribution in [2.45, 2.75) is 51.8 Å². The number of aromatic nitrogens is 2. The molecule has 0 saturated carbocycles. The van der Waals surface area contributed by atoms with Crippen LogP contribution >= 0.6 is 0 Å². The Hall–Kier alpha value is -0.870. The van der Waals surface area contributed by atoms with E-state index in [0.29, 0.717) is 6.10 Å². The van der Waals surface area contributed by atoms with Gasteiger partial charge in [0.2, 0.25) is 0 Å². The van der Waals surface area contributed by atoms with E-state index in [1.807, 2.05) is 10.9 Å². The molecule has 0 radical (unpaired) electrons. The van der Waals surface area contributed by atoms with Crippen molar-refractivity contribution in [3.05, 3.63) is 18.0 Å². The molecule has 1 aliphatic rings. The van der Waals surface area contributed by atoms with Crippen LogP contribution in [0.1, 0.15) is 38.2 Å².